The molecule has 0 aromatic rings. The van der Waals surface area contributed by atoms with Crippen molar-refractivity contribution in [3.05, 3.63) is 0 Å². The normalized spacial score (nSPS) is 14.2. The summed E-state index contributed by atoms with van der Waals surface area (Å²) in [6, 6.07) is -1.59. The third-order valence-electron chi connectivity index (χ3n) is 7.87. The molecule has 49 heavy (non-hydrogen) atoms. The molecule has 0 aliphatic carbocycles. The monoisotopic (exact) mass is 745 g/mol. The van der Waals surface area contributed by atoms with Crippen LogP contribution in [-0.2, 0) is 19.1 Å². The number of ether oxygens (including phenoxy) is 2. The molecule has 0 saturated heterocycles. The van der Waals surface area contributed by atoms with Gasteiger partial charge in [0.2, 0.25) is 0 Å². The number of rotatable bonds is 28. The Labute approximate surface area is 278 Å². The van der Waals surface area contributed by atoms with Gasteiger partial charge in [0.25, 0.3) is 0 Å². The topological polar surface area (TPSA) is 78.6 Å². The molecule has 18 heteroatoms. The maximum Gasteiger partial charge on any atom is 0.460 e. The maximum absolute atomic E-state index is 13.8. The smallest absolute Gasteiger partial charge is 0.460 e. The minimum Gasteiger partial charge on any atom is -0.466 e. The standard InChI is InChI=1S/C31H48F13NO4/c1-2-3-4-5-6-7-8-9-10-11-12-13-14-17-21-48-24(46)19-16-15-18-23(45)25(47)49-22-20-26(32,33)27(34,35)28(36,37)29(38,39)30(40,41)31(42,43)44/h23H,2-22,45H2,1H3. The van der Waals surface area contributed by atoms with Crippen molar-refractivity contribution >= 4 is 11.9 Å². The Hall–Kier alpha value is -2.01. The molecular formula is C31H48F13NO4. The average molecular weight is 746 g/mol. The molecule has 0 aromatic heterocycles. The highest BCUT2D eigenvalue weighted by Crippen LogP contribution is 2.60. The van der Waals surface area contributed by atoms with E-state index in [2.05, 4.69) is 11.7 Å². The summed E-state index contributed by atoms with van der Waals surface area (Å²) in [5.41, 5.74) is 5.45. The second kappa shape index (κ2) is 21.4. The van der Waals surface area contributed by atoms with Crippen LogP contribution in [0.2, 0.25) is 0 Å². The number of hydrogen-bond acceptors (Lipinski definition) is 5. The van der Waals surface area contributed by atoms with E-state index < -0.39 is 66.8 Å². The second-order valence-corrected chi connectivity index (χ2v) is 12.1. The van der Waals surface area contributed by atoms with Gasteiger partial charge < -0.3 is 15.2 Å². The van der Waals surface area contributed by atoms with E-state index in [1.165, 1.54) is 57.8 Å². The Morgan fingerprint density at radius 3 is 1.41 bits per heavy atom. The van der Waals surface area contributed by atoms with E-state index in [-0.39, 0.29) is 32.3 Å². The van der Waals surface area contributed by atoms with E-state index in [1.54, 1.807) is 0 Å². The number of carbonyl (C=O) groups excluding carboxylic acids is 2. The van der Waals surface area contributed by atoms with Gasteiger partial charge >= 0.3 is 47.7 Å². The summed E-state index contributed by atoms with van der Waals surface area (Å²) >= 11 is 0. The summed E-state index contributed by atoms with van der Waals surface area (Å²) in [5.74, 6) is -39.6. The fraction of sp³-hybridized carbons (Fsp3) is 0.935. The molecule has 0 spiro atoms. The fourth-order valence-electron chi connectivity index (χ4n) is 4.65. The Kier molecular flexibility index (Phi) is 20.5. The van der Waals surface area contributed by atoms with Crippen molar-refractivity contribution in [3.63, 3.8) is 0 Å². The number of esters is 2. The first-order valence-corrected chi connectivity index (χ1v) is 16.5. The van der Waals surface area contributed by atoms with E-state index in [0.29, 0.717) is 6.42 Å². The SMILES string of the molecule is CCCCCCCCCCCCCCCCOC(=O)CCCCC(N)C(=O)OCCC(F)(F)C(F)(F)C(F)(F)C(F)(F)C(F)(F)C(F)(F)F. The minimum absolute atomic E-state index is 0.0616. The molecule has 5 nitrogen and oxygen atoms in total. The molecule has 1 unspecified atom stereocenters. The zero-order chi connectivity index (χ0) is 38.0. The van der Waals surface area contributed by atoms with Crippen molar-refractivity contribution < 1.29 is 76.1 Å². The van der Waals surface area contributed by atoms with E-state index in [9.17, 15) is 66.7 Å². The first kappa shape index (κ1) is 47.0. The van der Waals surface area contributed by atoms with Crippen LogP contribution >= 0.6 is 0 Å². The van der Waals surface area contributed by atoms with Crippen molar-refractivity contribution in [2.24, 2.45) is 5.73 Å². The molecule has 0 amide bonds. The molecule has 0 bridgehead atoms. The third-order valence-corrected chi connectivity index (χ3v) is 7.87. The van der Waals surface area contributed by atoms with Gasteiger partial charge in [0.05, 0.1) is 19.6 Å². The second-order valence-electron chi connectivity index (χ2n) is 12.1. The first-order chi connectivity index (χ1) is 22.5. The van der Waals surface area contributed by atoms with Gasteiger partial charge in [0, 0.05) is 6.42 Å². The van der Waals surface area contributed by atoms with E-state index >= 15 is 0 Å². The van der Waals surface area contributed by atoms with Gasteiger partial charge in [-0.05, 0) is 19.3 Å². The van der Waals surface area contributed by atoms with Crippen LogP contribution in [0.1, 0.15) is 129 Å². The molecular weight excluding hydrogens is 697 g/mol. The molecule has 0 heterocycles. The summed E-state index contributed by atoms with van der Waals surface area (Å²) in [6.45, 7) is 0.555. The summed E-state index contributed by atoms with van der Waals surface area (Å²) in [5, 5.41) is 0. The molecule has 0 rings (SSSR count). The zero-order valence-corrected chi connectivity index (χ0v) is 27.6. The van der Waals surface area contributed by atoms with Crippen molar-refractivity contribution in [1.29, 1.82) is 0 Å². The summed E-state index contributed by atoms with van der Waals surface area (Å²) < 4.78 is 180. The van der Waals surface area contributed by atoms with Crippen molar-refractivity contribution in [2.45, 2.75) is 171 Å². The molecule has 0 aromatic carbocycles. The minimum atomic E-state index is -8.00. The van der Waals surface area contributed by atoms with Gasteiger partial charge in [-0.15, -0.1) is 0 Å². The molecule has 0 aliphatic heterocycles. The first-order valence-electron chi connectivity index (χ1n) is 16.5. The lowest BCUT2D eigenvalue weighted by Gasteiger charge is -2.39. The van der Waals surface area contributed by atoms with Gasteiger partial charge in [-0.1, -0.05) is 96.8 Å². The summed E-state index contributed by atoms with van der Waals surface area (Å²) in [4.78, 5) is 23.6. The highest BCUT2D eigenvalue weighted by atomic mass is 19.4. The predicted octanol–water partition coefficient (Wildman–Crippen LogP) is 10.6. The van der Waals surface area contributed by atoms with E-state index in [4.69, 9.17) is 10.5 Å². The van der Waals surface area contributed by atoms with Crippen LogP contribution in [-0.4, -0.2) is 67.0 Å². The third kappa shape index (κ3) is 14.6. The number of nitrogens with two attached hydrogens (primary N) is 1. The summed E-state index contributed by atoms with van der Waals surface area (Å²) in [6.07, 6.45) is 6.12. The number of hydrogen-bond donors (Lipinski definition) is 1. The van der Waals surface area contributed by atoms with Crippen LogP contribution in [0.5, 0.6) is 0 Å². The molecule has 0 aliphatic rings. The van der Waals surface area contributed by atoms with Crippen molar-refractivity contribution in [3.8, 4) is 0 Å². The quantitative estimate of drug-likeness (QED) is 0.0490. The molecule has 292 valence electrons. The van der Waals surface area contributed by atoms with E-state index in [0.717, 1.165) is 25.7 Å². The lowest BCUT2D eigenvalue weighted by atomic mass is 9.93. The van der Waals surface area contributed by atoms with Crippen molar-refractivity contribution in [1.82, 2.24) is 0 Å². The zero-order valence-electron chi connectivity index (χ0n) is 27.6. The molecule has 1 atom stereocenters. The maximum atomic E-state index is 13.8. The average Bonchev–Trinajstić information content (AvgIpc) is 2.99. The number of carbonyl (C=O) groups is 2. The van der Waals surface area contributed by atoms with Gasteiger partial charge in [0.15, 0.2) is 0 Å². The number of alkyl halides is 13. The molecule has 0 fully saturated rings. The van der Waals surface area contributed by atoms with Gasteiger partial charge in [-0.25, -0.2) is 0 Å². The van der Waals surface area contributed by atoms with Crippen LogP contribution in [0.25, 0.3) is 0 Å². The highest BCUT2D eigenvalue weighted by Gasteiger charge is 2.90. The van der Waals surface area contributed by atoms with Crippen LogP contribution in [0, 0.1) is 0 Å². The lowest BCUT2D eigenvalue weighted by Crippen LogP contribution is -2.70. The number of unbranched alkanes of at least 4 members (excludes halogenated alkanes) is 14. The van der Waals surface area contributed by atoms with Gasteiger partial charge in [-0.2, -0.15) is 57.1 Å². The highest BCUT2D eigenvalue weighted by molar-refractivity contribution is 5.75. The Balaban J connectivity index is 4.27. The molecule has 0 saturated carbocycles. The Bertz CT molecular complexity index is 947. The van der Waals surface area contributed by atoms with Crippen LogP contribution in [0.4, 0.5) is 57.1 Å². The van der Waals surface area contributed by atoms with E-state index in [1.807, 2.05) is 0 Å². The van der Waals surface area contributed by atoms with Crippen molar-refractivity contribution in [2.75, 3.05) is 13.2 Å². The molecule has 2 N–H and O–H groups in total. The van der Waals surface area contributed by atoms with Gasteiger partial charge in [0.1, 0.15) is 6.04 Å². The largest absolute Gasteiger partial charge is 0.466 e. The van der Waals surface area contributed by atoms with Crippen LogP contribution < -0.4 is 5.73 Å². The fourth-order valence-corrected chi connectivity index (χ4v) is 4.65. The Morgan fingerprint density at radius 1 is 0.531 bits per heavy atom. The summed E-state index contributed by atoms with van der Waals surface area (Å²) in [7, 11) is 0. The molecule has 0 radical (unpaired) electrons. The Morgan fingerprint density at radius 2 is 0.959 bits per heavy atom. The van der Waals surface area contributed by atoms with Crippen LogP contribution in [0.15, 0.2) is 0 Å². The lowest BCUT2D eigenvalue weighted by molar-refractivity contribution is -0.440. The predicted molar refractivity (Wildman–Crippen MR) is 154 cm³/mol. The van der Waals surface area contributed by atoms with Crippen LogP contribution in [0.3, 0.4) is 0 Å². The van der Waals surface area contributed by atoms with Gasteiger partial charge in [-0.3, -0.25) is 9.59 Å². The number of halogens is 13.